The van der Waals surface area contributed by atoms with E-state index in [9.17, 15) is 4.79 Å². The Hall–Kier alpha value is -2.34. The molecule has 4 rings (SSSR count). The molecular formula is C17H19N5O. The largest absolute Gasteiger partial charge is 0.350 e. The number of fused-ring (bicyclic) bond motifs is 1. The van der Waals surface area contributed by atoms with Gasteiger partial charge in [-0.2, -0.15) is 0 Å². The summed E-state index contributed by atoms with van der Waals surface area (Å²) in [5, 5.41) is 2.99. The summed E-state index contributed by atoms with van der Waals surface area (Å²) in [7, 11) is 0. The predicted molar refractivity (Wildman–Crippen MR) is 84.8 cm³/mol. The highest BCUT2D eigenvalue weighted by molar-refractivity contribution is 5.80. The van der Waals surface area contributed by atoms with E-state index < -0.39 is 0 Å². The van der Waals surface area contributed by atoms with Crippen LogP contribution in [0.3, 0.4) is 0 Å². The molecule has 2 aliphatic carbocycles. The minimum atomic E-state index is 0.0760. The van der Waals surface area contributed by atoms with Crippen LogP contribution in [0.25, 0.3) is 11.5 Å². The van der Waals surface area contributed by atoms with Crippen molar-refractivity contribution in [1.29, 1.82) is 0 Å². The fourth-order valence-electron chi connectivity index (χ4n) is 3.56. The van der Waals surface area contributed by atoms with Crippen molar-refractivity contribution in [3.63, 3.8) is 0 Å². The van der Waals surface area contributed by atoms with E-state index in [-0.39, 0.29) is 17.9 Å². The monoisotopic (exact) mass is 309 g/mol. The van der Waals surface area contributed by atoms with Crippen molar-refractivity contribution < 1.29 is 4.79 Å². The molecule has 2 fully saturated rings. The zero-order valence-corrected chi connectivity index (χ0v) is 12.7. The molecule has 2 heterocycles. The molecule has 0 radical (unpaired) electrons. The fourth-order valence-corrected chi connectivity index (χ4v) is 3.56. The molecule has 0 aliphatic heterocycles. The van der Waals surface area contributed by atoms with Crippen LogP contribution in [-0.4, -0.2) is 26.9 Å². The quantitative estimate of drug-likeness (QED) is 0.883. The van der Waals surface area contributed by atoms with Crippen LogP contribution in [0.5, 0.6) is 0 Å². The summed E-state index contributed by atoms with van der Waals surface area (Å²) in [4.78, 5) is 25.3. The number of aromatic nitrogens is 3. The lowest BCUT2D eigenvalue weighted by atomic mass is 10.0. The number of amides is 1. The summed E-state index contributed by atoms with van der Waals surface area (Å²) in [6, 6.07) is 7.63. The molecule has 2 saturated carbocycles. The second-order valence-corrected chi connectivity index (χ2v) is 6.37. The lowest BCUT2D eigenvalue weighted by Crippen LogP contribution is -2.32. The summed E-state index contributed by atoms with van der Waals surface area (Å²) in [6.07, 6.45) is 5.32. The number of nitrogens with one attached hydrogen (secondary N) is 1. The van der Waals surface area contributed by atoms with Gasteiger partial charge in [0, 0.05) is 24.4 Å². The van der Waals surface area contributed by atoms with Gasteiger partial charge in [0.2, 0.25) is 5.91 Å². The predicted octanol–water partition coefficient (Wildman–Crippen LogP) is 1.14. The molecule has 2 aromatic rings. The van der Waals surface area contributed by atoms with E-state index in [0.29, 0.717) is 24.2 Å². The summed E-state index contributed by atoms with van der Waals surface area (Å²) >= 11 is 0. The second-order valence-electron chi connectivity index (χ2n) is 6.37. The number of hydrogen-bond donors (Lipinski definition) is 2. The summed E-state index contributed by atoms with van der Waals surface area (Å²) < 4.78 is 0. The Bertz CT molecular complexity index is 720. The summed E-state index contributed by atoms with van der Waals surface area (Å²) in [6.45, 7) is 0.407. The number of hydrogen-bond acceptors (Lipinski definition) is 5. The van der Waals surface area contributed by atoms with Gasteiger partial charge < -0.3 is 11.1 Å². The highest BCUT2D eigenvalue weighted by Crippen LogP contribution is 2.54. The maximum absolute atomic E-state index is 12.3. The fraction of sp³-hybridized carbons (Fsp3) is 0.412. The van der Waals surface area contributed by atoms with Gasteiger partial charge in [0.25, 0.3) is 0 Å². The van der Waals surface area contributed by atoms with Gasteiger partial charge >= 0.3 is 0 Å². The molecule has 6 nitrogen and oxygen atoms in total. The van der Waals surface area contributed by atoms with E-state index in [1.54, 1.807) is 12.4 Å². The number of rotatable bonds is 4. The molecule has 3 N–H and O–H groups in total. The average Bonchev–Trinajstić information content (AvgIpc) is 3.33. The molecule has 118 valence electrons. The van der Waals surface area contributed by atoms with Gasteiger partial charge in [0.05, 0.1) is 12.2 Å². The molecule has 4 atom stereocenters. The van der Waals surface area contributed by atoms with Gasteiger partial charge in [0.1, 0.15) is 5.69 Å². The first-order chi connectivity index (χ1) is 11.2. The first-order valence-electron chi connectivity index (χ1n) is 7.99. The molecule has 23 heavy (non-hydrogen) atoms. The molecule has 0 bridgehead atoms. The molecular weight excluding hydrogens is 290 g/mol. The van der Waals surface area contributed by atoms with Crippen molar-refractivity contribution in [2.45, 2.75) is 25.4 Å². The van der Waals surface area contributed by atoms with E-state index in [4.69, 9.17) is 5.73 Å². The first kappa shape index (κ1) is 14.3. The van der Waals surface area contributed by atoms with Crippen LogP contribution >= 0.6 is 0 Å². The van der Waals surface area contributed by atoms with Gasteiger partial charge in [-0.05, 0) is 42.9 Å². The van der Waals surface area contributed by atoms with Gasteiger partial charge in [0.15, 0.2) is 5.82 Å². The number of pyridine rings is 1. The van der Waals surface area contributed by atoms with Crippen LogP contribution in [0, 0.1) is 17.8 Å². The number of carbonyl (C=O) groups is 1. The van der Waals surface area contributed by atoms with Crippen molar-refractivity contribution in [2.75, 3.05) is 0 Å². The number of nitrogens with two attached hydrogens (primary N) is 1. The van der Waals surface area contributed by atoms with Crippen LogP contribution in [0.2, 0.25) is 0 Å². The highest BCUT2D eigenvalue weighted by atomic mass is 16.1. The van der Waals surface area contributed by atoms with Crippen molar-refractivity contribution in [3.8, 4) is 11.5 Å². The number of carbonyl (C=O) groups excluding carboxylic acids is 1. The lowest BCUT2D eigenvalue weighted by Gasteiger charge is -2.13. The Kier molecular flexibility index (Phi) is 3.53. The Balaban J connectivity index is 1.41. The third-order valence-electron chi connectivity index (χ3n) is 4.87. The van der Waals surface area contributed by atoms with Crippen molar-refractivity contribution in [2.24, 2.45) is 23.5 Å². The van der Waals surface area contributed by atoms with E-state index >= 15 is 0 Å². The van der Waals surface area contributed by atoms with Crippen LogP contribution in [0.15, 0.2) is 36.7 Å². The van der Waals surface area contributed by atoms with Crippen molar-refractivity contribution in [1.82, 2.24) is 20.3 Å². The topological polar surface area (TPSA) is 93.8 Å². The van der Waals surface area contributed by atoms with Crippen LogP contribution in [-0.2, 0) is 11.3 Å². The smallest absolute Gasteiger partial charge is 0.223 e. The molecule has 0 spiro atoms. The van der Waals surface area contributed by atoms with Gasteiger partial charge in [-0.3, -0.25) is 9.78 Å². The molecule has 6 heteroatoms. The maximum atomic E-state index is 12.3. The third-order valence-corrected chi connectivity index (χ3v) is 4.87. The molecule has 2 aliphatic rings. The average molecular weight is 309 g/mol. The Labute approximate surface area is 134 Å². The molecule has 0 saturated heterocycles. The first-order valence-corrected chi connectivity index (χ1v) is 7.99. The van der Waals surface area contributed by atoms with E-state index in [0.717, 1.165) is 24.2 Å². The minimum absolute atomic E-state index is 0.0760. The molecule has 0 aromatic carbocycles. The zero-order chi connectivity index (χ0) is 15.8. The maximum Gasteiger partial charge on any atom is 0.223 e. The van der Waals surface area contributed by atoms with Gasteiger partial charge in [-0.1, -0.05) is 6.07 Å². The molecule has 2 aromatic heterocycles. The van der Waals surface area contributed by atoms with Gasteiger partial charge in [-0.15, -0.1) is 0 Å². The second kappa shape index (κ2) is 5.70. The summed E-state index contributed by atoms with van der Waals surface area (Å²) in [5.74, 6) is 1.82. The highest BCUT2D eigenvalue weighted by Gasteiger charge is 2.55. The van der Waals surface area contributed by atoms with Crippen LogP contribution in [0.1, 0.15) is 18.5 Å². The Morgan fingerprint density at radius 2 is 2.09 bits per heavy atom. The zero-order valence-electron chi connectivity index (χ0n) is 12.7. The number of nitrogens with zero attached hydrogens (tertiary/aromatic N) is 3. The van der Waals surface area contributed by atoms with Crippen LogP contribution < -0.4 is 11.1 Å². The third kappa shape index (κ3) is 2.82. The molecule has 0 unspecified atom stereocenters. The van der Waals surface area contributed by atoms with Crippen molar-refractivity contribution >= 4 is 5.91 Å². The SMILES string of the molecule is N[C@@H]1C[C@H](C(=O)NCc2ccnc(-c3ccccn3)n2)[C@H]2C[C@H]21. The Morgan fingerprint density at radius 3 is 2.78 bits per heavy atom. The van der Waals surface area contributed by atoms with E-state index in [2.05, 4.69) is 20.3 Å². The standard InChI is InChI=1S/C17H19N5O/c18-14-8-13(11-7-12(11)14)17(23)21-9-10-4-6-20-16(22-10)15-3-1-2-5-19-15/h1-6,11-14H,7-9,18H2,(H,21,23)/t11-,12+,13-,14+/m0/s1. The van der Waals surface area contributed by atoms with Gasteiger partial charge in [-0.25, -0.2) is 9.97 Å². The Morgan fingerprint density at radius 1 is 1.17 bits per heavy atom. The summed E-state index contributed by atoms with van der Waals surface area (Å²) in [5.41, 5.74) is 7.54. The normalized spacial score (nSPS) is 28.2. The minimum Gasteiger partial charge on any atom is -0.350 e. The van der Waals surface area contributed by atoms with E-state index in [1.165, 1.54) is 0 Å². The lowest BCUT2D eigenvalue weighted by molar-refractivity contribution is -0.125. The van der Waals surface area contributed by atoms with Crippen molar-refractivity contribution in [3.05, 3.63) is 42.4 Å². The van der Waals surface area contributed by atoms with E-state index in [1.807, 2.05) is 24.3 Å². The van der Waals surface area contributed by atoms with Crippen LogP contribution in [0.4, 0.5) is 0 Å². The molecule has 1 amide bonds.